The molecule has 10 nitrogen and oxygen atoms in total. The summed E-state index contributed by atoms with van der Waals surface area (Å²) in [5.74, 6) is 0.921. The first-order valence-corrected chi connectivity index (χ1v) is 10.00. The van der Waals surface area contributed by atoms with E-state index in [1.165, 1.54) is 11.3 Å². The van der Waals surface area contributed by atoms with Crippen molar-refractivity contribution in [3.63, 3.8) is 0 Å². The number of nitroso groups, excluding NO2 is 1. The molecule has 2 aromatic heterocycles. The van der Waals surface area contributed by atoms with E-state index in [9.17, 15) is 9.70 Å². The van der Waals surface area contributed by atoms with Crippen molar-refractivity contribution < 1.29 is 14.3 Å². The third-order valence-electron chi connectivity index (χ3n) is 4.58. The van der Waals surface area contributed by atoms with Crippen molar-refractivity contribution in [1.82, 2.24) is 20.2 Å². The van der Waals surface area contributed by atoms with Gasteiger partial charge in [-0.2, -0.15) is 0 Å². The van der Waals surface area contributed by atoms with Crippen LogP contribution in [0.15, 0.2) is 29.4 Å². The number of thiophene rings is 1. The number of amides is 1. The predicted molar refractivity (Wildman–Crippen MR) is 113 cm³/mol. The fraction of sp³-hybridized carbons (Fsp3) is 0.316. The molecule has 0 spiro atoms. The van der Waals surface area contributed by atoms with E-state index >= 15 is 0 Å². The first-order valence-electron chi connectivity index (χ1n) is 9.18. The Balaban J connectivity index is 1.70. The number of carbonyl (C=O) groups excluding carboxylic acids is 1. The second-order valence-corrected chi connectivity index (χ2v) is 8.01. The van der Waals surface area contributed by atoms with E-state index in [0.29, 0.717) is 44.4 Å². The van der Waals surface area contributed by atoms with Gasteiger partial charge in [0.1, 0.15) is 4.83 Å². The van der Waals surface area contributed by atoms with E-state index in [-0.39, 0.29) is 18.6 Å². The van der Waals surface area contributed by atoms with Gasteiger partial charge in [0.25, 0.3) is 5.91 Å². The third kappa shape index (κ3) is 3.89. The Hall–Kier alpha value is -3.31. The van der Waals surface area contributed by atoms with Crippen LogP contribution < -0.4 is 20.5 Å². The van der Waals surface area contributed by atoms with Gasteiger partial charge < -0.3 is 25.4 Å². The van der Waals surface area contributed by atoms with E-state index < -0.39 is 6.04 Å². The van der Waals surface area contributed by atoms with Crippen LogP contribution in [0.4, 0.5) is 5.95 Å². The van der Waals surface area contributed by atoms with Gasteiger partial charge >= 0.3 is 0 Å². The monoisotopic (exact) mass is 428 g/mol. The van der Waals surface area contributed by atoms with E-state index in [1.807, 2.05) is 19.0 Å². The molecule has 0 bridgehead atoms. The number of hydrogen-bond acceptors (Lipinski definition) is 10. The summed E-state index contributed by atoms with van der Waals surface area (Å²) >= 11 is 1.19. The summed E-state index contributed by atoms with van der Waals surface area (Å²) in [5.41, 5.74) is 6.80. The van der Waals surface area contributed by atoms with Crippen molar-refractivity contribution in [2.75, 3.05) is 39.7 Å². The molecule has 1 atom stereocenters. The number of hydrogen-bond donors (Lipinski definition) is 2. The van der Waals surface area contributed by atoms with Crippen LogP contribution in [0.3, 0.4) is 0 Å². The maximum atomic E-state index is 12.5. The zero-order valence-corrected chi connectivity index (χ0v) is 17.2. The molecule has 11 heteroatoms. The summed E-state index contributed by atoms with van der Waals surface area (Å²) in [4.78, 5) is 35.8. The Kier molecular flexibility index (Phi) is 5.46. The van der Waals surface area contributed by atoms with Gasteiger partial charge in [-0.1, -0.05) is 11.2 Å². The Morgan fingerprint density at radius 2 is 2.10 bits per heavy atom. The fourth-order valence-electron chi connectivity index (χ4n) is 3.11. The fourth-order valence-corrected chi connectivity index (χ4v) is 4.08. The molecule has 0 radical (unpaired) electrons. The van der Waals surface area contributed by atoms with Crippen LogP contribution in [0.5, 0.6) is 11.5 Å². The van der Waals surface area contributed by atoms with Crippen LogP contribution >= 0.6 is 11.3 Å². The SMILES string of the molecule is CN(C)CCNC(=O)c1cc2c(C(N=O)c3ccc4c(c3)OCO4)nc(N)nc2s1. The third-order valence-corrected chi connectivity index (χ3v) is 5.61. The van der Waals surface area contributed by atoms with E-state index in [0.717, 1.165) is 6.54 Å². The summed E-state index contributed by atoms with van der Waals surface area (Å²) in [6.07, 6.45) is 0. The molecule has 1 aromatic carbocycles. The second-order valence-electron chi connectivity index (χ2n) is 6.98. The number of fused-ring (bicyclic) bond motifs is 2. The zero-order valence-electron chi connectivity index (χ0n) is 16.4. The van der Waals surface area contributed by atoms with Crippen molar-refractivity contribution in [2.24, 2.45) is 5.18 Å². The highest BCUT2D eigenvalue weighted by Crippen LogP contribution is 2.39. The average Bonchev–Trinajstić information content (AvgIpc) is 3.34. The Morgan fingerprint density at radius 1 is 1.30 bits per heavy atom. The van der Waals surface area contributed by atoms with E-state index in [2.05, 4.69) is 20.5 Å². The van der Waals surface area contributed by atoms with Gasteiger partial charge in [-0.05, 0) is 37.9 Å². The summed E-state index contributed by atoms with van der Waals surface area (Å²) in [5, 5.41) is 6.70. The number of anilines is 1. The van der Waals surface area contributed by atoms with Gasteiger partial charge in [-0.15, -0.1) is 16.2 Å². The minimum atomic E-state index is -0.938. The van der Waals surface area contributed by atoms with Crippen LogP contribution in [-0.2, 0) is 0 Å². The second kappa shape index (κ2) is 8.20. The number of likely N-dealkylation sites (N-methyl/N-ethyl adjacent to an activating group) is 1. The molecule has 3 N–H and O–H groups in total. The molecule has 4 rings (SSSR count). The molecular formula is C19H20N6O4S. The van der Waals surface area contributed by atoms with Gasteiger partial charge in [0.05, 0.1) is 10.6 Å². The van der Waals surface area contributed by atoms with Crippen LogP contribution in [0.25, 0.3) is 10.2 Å². The van der Waals surface area contributed by atoms with Crippen molar-refractivity contribution in [1.29, 1.82) is 0 Å². The number of ether oxygens (including phenoxy) is 2. The summed E-state index contributed by atoms with van der Waals surface area (Å²) in [6, 6.07) is 5.87. The molecule has 0 aliphatic carbocycles. The number of aromatic nitrogens is 2. The lowest BCUT2D eigenvalue weighted by Crippen LogP contribution is -2.30. The van der Waals surface area contributed by atoms with Crippen molar-refractivity contribution >= 4 is 33.4 Å². The quantitative estimate of drug-likeness (QED) is 0.547. The summed E-state index contributed by atoms with van der Waals surface area (Å²) in [7, 11) is 3.86. The largest absolute Gasteiger partial charge is 0.454 e. The summed E-state index contributed by atoms with van der Waals surface area (Å²) < 4.78 is 10.7. The smallest absolute Gasteiger partial charge is 0.261 e. The van der Waals surface area contributed by atoms with Crippen molar-refractivity contribution in [2.45, 2.75) is 6.04 Å². The van der Waals surface area contributed by atoms with Crippen LogP contribution in [0.1, 0.15) is 27.0 Å². The van der Waals surface area contributed by atoms with Crippen LogP contribution in [0, 0.1) is 4.91 Å². The normalized spacial score (nSPS) is 13.6. The van der Waals surface area contributed by atoms with Gasteiger partial charge in [-0.3, -0.25) is 4.79 Å². The van der Waals surface area contributed by atoms with Crippen molar-refractivity contribution in [3.05, 3.63) is 45.3 Å². The average molecular weight is 428 g/mol. The lowest BCUT2D eigenvalue weighted by Gasteiger charge is -2.11. The summed E-state index contributed by atoms with van der Waals surface area (Å²) in [6.45, 7) is 1.35. The molecule has 3 aromatic rings. The molecule has 0 saturated heterocycles. The molecule has 156 valence electrons. The number of nitrogen functional groups attached to an aromatic ring is 1. The first-order chi connectivity index (χ1) is 14.5. The van der Waals surface area contributed by atoms with E-state index in [1.54, 1.807) is 24.3 Å². The minimum absolute atomic E-state index is 0.00769. The Morgan fingerprint density at radius 3 is 2.87 bits per heavy atom. The highest BCUT2D eigenvalue weighted by atomic mass is 32.1. The number of rotatable bonds is 7. The van der Waals surface area contributed by atoms with Crippen LogP contribution in [-0.4, -0.2) is 54.8 Å². The standard InChI is InChI=1S/C19H20N6O4S/c1-25(2)6-5-21-17(26)14-8-11-16(22-19(20)23-18(11)30-14)15(24-27)10-3-4-12-13(7-10)29-9-28-12/h3-4,7-8,15H,5-6,9H2,1-2H3,(H,21,26)(H2,20,22,23). The minimum Gasteiger partial charge on any atom is -0.454 e. The van der Waals surface area contributed by atoms with Gasteiger partial charge in [0, 0.05) is 18.5 Å². The highest BCUT2D eigenvalue weighted by molar-refractivity contribution is 7.20. The molecule has 3 heterocycles. The molecule has 0 saturated carbocycles. The molecule has 30 heavy (non-hydrogen) atoms. The molecule has 1 unspecified atom stereocenters. The van der Waals surface area contributed by atoms with E-state index in [4.69, 9.17) is 15.2 Å². The van der Waals surface area contributed by atoms with Gasteiger partial charge in [0.15, 0.2) is 17.5 Å². The first kappa shape index (κ1) is 20.0. The molecule has 1 aliphatic heterocycles. The Bertz CT molecular complexity index is 1120. The topological polar surface area (TPSA) is 132 Å². The molecular weight excluding hydrogens is 408 g/mol. The molecule has 0 fully saturated rings. The molecule has 1 amide bonds. The Labute approximate surface area is 176 Å². The lowest BCUT2D eigenvalue weighted by atomic mass is 10.0. The highest BCUT2D eigenvalue weighted by Gasteiger charge is 2.25. The number of nitrogens with one attached hydrogen (secondary N) is 1. The van der Waals surface area contributed by atoms with Crippen molar-refractivity contribution in [3.8, 4) is 11.5 Å². The number of nitrogens with two attached hydrogens (primary N) is 1. The van der Waals surface area contributed by atoms with Crippen LogP contribution in [0.2, 0.25) is 0 Å². The lowest BCUT2D eigenvalue weighted by molar-refractivity contribution is 0.0955. The van der Waals surface area contributed by atoms with Gasteiger partial charge in [0.2, 0.25) is 12.7 Å². The maximum absolute atomic E-state index is 12.5. The predicted octanol–water partition coefficient (Wildman–Crippen LogP) is 2.15. The number of benzene rings is 1. The number of nitrogens with zero attached hydrogens (tertiary/aromatic N) is 4. The molecule has 1 aliphatic rings. The number of carbonyl (C=O) groups is 1. The van der Waals surface area contributed by atoms with Gasteiger partial charge in [-0.25, -0.2) is 9.97 Å². The zero-order chi connectivity index (χ0) is 21.3. The maximum Gasteiger partial charge on any atom is 0.261 e.